The van der Waals surface area contributed by atoms with Gasteiger partial charge in [0, 0.05) is 6.54 Å². The number of halogens is 2. The van der Waals surface area contributed by atoms with E-state index >= 15 is 0 Å². The summed E-state index contributed by atoms with van der Waals surface area (Å²) in [5.74, 6) is -1.53. The Kier molecular flexibility index (Phi) is 5.29. The lowest BCUT2D eigenvalue weighted by Crippen LogP contribution is -2.38. The van der Waals surface area contributed by atoms with Gasteiger partial charge in [0.1, 0.15) is 6.17 Å². The number of anilines is 1. The molecule has 1 aliphatic heterocycles. The fraction of sp³-hybridized carbons (Fsp3) is 0.438. The van der Waals surface area contributed by atoms with E-state index in [2.05, 4.69) is 0 Å². The number of unbranched alkanes of at least 4 members (excludes halogenated alkanes) is 1. The number of hydrogen-bond acceptors (Lipinski definition) is 3. The van der Waals surface area contributed by atoms with Crippen LogP contribution >= 0.6 is 11.6 Å². The molecule has 1 unspecified atom stereocenters. The van der Waals surface area contributed by atoms with Gasteiger partial charge in [-0.2, -0.15) is 4.39 Å². The minimum absolute atomic E-state index is 0.157. The Hall–Kier alpha value is -1.75. The molecular weight excluding hydrogens is 307 g/mol. The highest BCUT2D eigenvalue weighted by molar-refractivity contribution is 6.33. The zero-order chi connectivity index (χ0) is 16.3. The van der Waals surface area contributed by atoms with Gasteiger partial charge in [-0.05, 0) is 25.5 Å². The molecule has 1 N–H and O–H groups in total. The summed E-state index contributed by atoms with van der Waals surface area (Å²) in [7, 11) is 0. The molecule has 1 heterocycles. The lowest BCUT2D eigenvalue weighted by atomic mass is 10.2. The average molecular weight is 327 g/mol. The van der Waals surface area contributed by atoms with Gasteiger partial charge < -0.3 is 14.9 Å². The third kappa shape index (κ3) is 3.19. The van der Waals surface area contributed by atoms with Crippen LogP contribution in [0.15, 0.2) is 35.9 Å². The summed E-state index contributed by atoms with van der Waals surface area (Å²) in [6.45, 7) is 4.44. The third-order valence-electron chi connectivity index (χ3n) is 3.79. The summed E-state index contributed by atoms with van der Waals surface area (Å²) in [4.78, 5) is 14.4. The normalized spacial score (nSPS) is 18.3. The molecule has 0 aromatic heterocycles. The molecular formula is C16H20ClFN2O2. The molecule has 2 rings (SSSR count). The van der Waals surface area contributed by atoms with Crippen molar-refractivity contribution in [3.8, 4) is 0 Å². The quantitative estimate of drug-likeness (QED) is 0.795. The van der Waals surface area contributed by atoms with E-state index in [1.807, 2.05) is 13.8 Å². The Morgan fingerprint density at radius 1 is 1.41 bits per heavy atom. The standard InChI is InChI=1S/C16H20ClFN2O2/c1-3-4-9-19-11(2)20(13-8-6-5-7-12(13)17)14(16(19)18)10-15(21)22/h5-8,11H,3-4,9-10H2,1-2H3,(H,21,22). The Bertz CT molecular complexity index is 591. The topological polar surface area (TPSA) is 43.8 Å². The number of nitrogens with zero attached hydrogens (tertiary/aromatic N) is 2. The average Bonchev–Trinajstić information content (AvgIpc) is 2.69. The zero-order valence-corrected chi connectivity index (χ0v) is 13.5. The molecule has 6 heteroatoms. The van der Waals surface area contributed by atoms with Crippen molar-refractivity contribution in [2.75, 3.05) is 11.4 Å². The SMILES string of the molecule is CCCCN1C(F)=C(CC(=O)O)N(c2ccccc2Cl)C1C. The highest BCUT2D eigenvalue weighted by atomic mass is 35.5. The third-order valence-corrected chi connectivity index (χ3v) is 4.11. The van der Waals surface area contributed by atoms with Gasteiger partial charge in [-0.3, -0.25) is 4.79 Å². The van der Waals surface area contributed by atoms with Gasteiger partial charge in [-0.15, -0.1) is 0 Å². The fourth-order valence-corrected chi connectivity index (χ4v) is 2.93. The first kappa shape index (κ1) is 16.6. The molecule has 4 nitrogen and oxygen atoms in total. The van der Waals surface area contributed by atoms with E-state index in [-0.39, 0.29) is 18.3 Å². The van der Waals surface area contributed by atoms with Crippen LogP contribution in [0.1, 0.15) is 33.1 Å². The molecule has 0 spiro atoms. The second-order valence-corrected chi connectivity index (χ2v) is 5.72. The number of carboxylic acid groups (broad SMARTS) is 1. The summed E-state index contributed by atoms with van der Waals surface area (Å²) >= 11 is 6.22. The number of carbonyl (C=O) groups is 1. The van der Waals surface area contributed by atoms with Gasteiger partial charge in [0.05, 0.1) is 22.8 Å². The minimum atomic E-state index is -1.06. The van der Waals surface area contributed by atoms with Crippen LogP contribution in [-0.2, 0) is 4.79 Å². The molecule has 1 aromatic rings. The zero-order valence-electron chi connectivity index (χ0n) is 12.7. The molecule has 0 bridgehead atoms. The molecule has 0 saturated carbocycles. The van der Waals surface area contributed by atoms with Gasteiger partial charge in [0.15, 0.2) is 0 Å². The maximum absolute atomic E-state index is 14.7. The second-order valence-electron chi connectivity index (χ2n) is 5.31. The maximum atomic E-state index is 14.7. The first-order valence-corrected chi connectivity index (χ1v) is 7.76. The van der Waals surface area contributed by atoms with Crippen molar-refractivity contribution in [2.45, 2.75) is 39.3 Å². The van der Waals surface area contributed by atoms with Crippen molar-refractivity contribution < 1.29 is 14.3 Å². The Labute approximate surface area is 134 Å². The van der Waals surface area contributed by atoms with Crippen LogP contribution < -0.4 is 4.90 Å². The van der Waals surface area contributed by atoms with E-state index in [0.29, 0.717) is 17.3 Å². The van der Waals surface area contributed by atoms with E-state index in [1.54, 1.807) is 34.1 Å². The summed E-state index contributed by atoms with van der Waals surface area (Å²) in [6, 6.07) is 7.09. The lowest BCUT2D eigenvalue weighted by Gasteiger charge is -2.31. The minimum Gasteiger partial charge on any atom is -0.481 e. The van der Waals surface area contributed by atoms with Crippen LogP contribution in [0, 0.1) is 0 Å². The number of rotatable bonds is 6. The van der Waals surface area contributed by atoms with Crippen molar-refractivity contribution in [2.24, 2.45) is 0 Å². The predicted octanol–water partition coefficient (Wildman–Crippen LogP) is 4.22. The number of hydrogen-bond donors (Lipinski definition) is 1. The molecule has 120 valence electrons. The molecule has 0 radical (unpaired) electrons. The Morgan fingerprint density at radius 3 is 2.68 bits per heavy atom. The van der Waals surface area contributed by atoms with E-state index < -0.39 is 11.9 Å². The van der Waals surface area contributed by atoms with Crippen LogP contribution in [0.5, 0.6) is 0 Å². The van der Waals surface area contributed by atoms with E-state index in [1.165, 1.54) is 0 Å². The number of aliphatic carboxylic acids is 1. The van der Waals surface area contributed by atoms with Crippen molar-refractivity contribution in [1.29, 1.82) is 0 Å². The van der Waals surface area contributed by atoms with Gasteiger partial charge in [-0.1, -0.05) is 37.1 Å². The Morgan fingerprint density at radius 2 is 2.09 bits per heavy atom. The predicted molar refractivity (Wildman–Crippen MR) is 85.4 cm³/mol. The first-order valence-electron chi connectivity index (χ1n) is 7.38. The highest BCUT2D eigenvalue weighted by Gasteiger charge is 2.38. The van der Waals surface area contributed by atoms with Gasteiger partial charge in [-0.25, -0.2) is 0 Å². The highest BCUT2D eigenvalue weighted by Crippen LogP contribution is 2.39. The summed E-state index contributed by atoms with van der Waals surface area (Å²) in [5, 5.41) is 9.57. The Balaban J connectivity index is 2.42. The molecule has 0 saturated heterocycles. The smallest absolute Gasteiger partial charge is 0.309 e. The molecule has 22 heavy (non-hydrogen) atoms. The first-order chi connectivity index (χ1) is 10.5. The summed E-state index contributed by atoms with van der Waals surface area (Å²) in [5.41, 5.74) is 0.784. The van der Waals surface area contributed by atoms with Gasteiger partial charge in [0.2, 0.25) is 5.95 Å². The molecule has 1 aliphatic rings. The van der Waals surface area contributed by atoms with Crippen LogP contribution in [0.25, 0.3) is 0 Å². The van der Waals surface area contributed by atoms with Crippen LogP contribution in [0.4, 0.5) is 10.1 Å². The summed E-state index contributed by atoms with van der Waals surface area (Å²) in [6.07, 6.45) is 1.11. The monoisotopic (exact) mass is 326 g/mol. The lowest BCUT2D eigenvalue weighted by molar-refractivity contribution is -0.136. The van der Waals surface area contributed by atoms with E-state index in [4.69, 9.17) is 16.7 Å². The number of para-hydroxylation sites is 1. The van der Waals surface area contributed by atoms with Crippen LogP contribution in [0.2, 0.25) is 5.02 Å². The van der Waals surface area contributed by atoms with Crippen molar-refractivity contribution in [3.05, 3.63) is 40.9 Å². The second kappa shape index (κ2) is 7.01. The molecule has 1 atom stereocenters. The van der Waals surface area contributed by atoms with Gasteiger partial charge >= 0.3 is 5.97 Å². The van der Waals surface area contributed by atoms with Crippen molar-refractivity contribution in [3.63, 3.8) is 0 Å². The number of benzene rings is 1. The molecule has 0 fully saturated rings. The van der Waals surface area contributed by atoms with Crippen molar-refractivity contribution >= 4 is 23.3 Å². The van der Waals surface area contributed by atoms with E-state index in [9.17, 15) is 9.18 Å². The molecule has 1 aromatic carbocycles. The maximum Gasteiger partial charge on any atom is 0.309 e. The van der Waals surface area contributed by atoms with Crippen LogP contribution in [0.3, 0.4) is 0 Å². The summed E-state index contributed by atoms with van der Waals surface area (Å²) < 4.78 is 14.7. The largest absolute Gasteiger partial charge is 0.481 e. The molecule has 0 aliphatic carbocycles. The molecule has 0 amide bonds. The fourth-order valence-electron chi connectivity index (χ4n) is 2.70. The van der Waals surface area contributed by atoms with Crippen molar-refractivity contribution in [1.82, 2.24) is 4.90 Å². The number of carboxylic acids is 1. The van der Waals surface area contributed by atoms with E-state index in [0.717, 1.165) is 12.8 Å². The van der Waals surface area contributed by atoms with Gasteiger partial charge in [0.25, 0.3) is 0 Å². The van der Waals surface area contributed by atoms with Crippen LogP contribution in [-0.4, -0.2) is 28.7 Å².